The van der Waals surface area contributed by atoms with Crippen LogP contribution >= 0.6 is 0 Å². The van der Waals surface area contributed by atoms with Crippen LogP contribution in [-0.2, 0) is 11.2 Å². The molecule has 1 amide bonds. The zero-order valence-corrected chi connectivity index (χ0v) is 11.9. The fourth-order valence-corrected chi connectivity index (χ4v) is 2.82. The number of nitrogens with one attached hydrogen (secondary N) is 1. The van der Waals surface area contributed by atoms with Gasteiger partial charge in [0, 0.05) is 44.6 Å². The lowest BCUT2D eigenvalue weighted by Gasteiger charge is -2.27. The summed E-state index contributed by atoms with van der Waals surface area (Å²) in [5.74, 6) is -0.164. The maximum atomic E-state index is 12.4. The van der Waals surface area contributed by atoms with Crippen molar-refractivity contribution in [3.05, 3.63) is 41.6 Å². The molecule has 5 heteroatoms. The number of carbonyl (C=O) groups is 1. The van der Waals surface area contributed by atoms with Crippen LogP contribution in [0.1, 0.15) is 5.56 Å². The van der Waals surface area contributed by atoms with Crippen molar-refractivity contribution in [1.82, 2.24) is 10.2 Å². The zero-order valence-electron chi connectivity index (χ0n) is 11.9. The standard InChI is InChI=1S/C16H18N4O/c17-11-14(16(21)19-9-6-18-7-10-19)12-20-8-5-13-3-1-2-4-15(13)20/h1-4,12,18H,5-10H2/b14-12-. The highest BCUT2D eigenvalue weighted by molar-refractivity contribution is 5.97. The number of anilines is 1. The highest BCUT2D eigenvalue weighted by Crippen LogP contribution is 2.28. The van der Waals surface area contributed by atoms with Crippen LogP contribution in [0.4, 0.5) is 5.69 Å². The van der Waals surface area contributed by atoms with Crippen LogP contribution in [0.2, 0.25) is 0 Å². The Morgan fingerprint density at radius 3 is 2.76 bits per heavy atom. The summed E-state index contributed by atoms with van der Waals surface area (Å²) >= 11 is 0. The average Bonchev–Trinajstić information content (AvgIpc) is 2.96. The predicted molar refractivity (Wildman–Crippen MR) is 80.6 cm³/mol. The third-order valence-corrected chi connectivity index (χ3v) is 3.96. The topological polar surface area (TPSA) is 59.4 Å². The highest BCUT2D eigenvalue weighted by Gasteiger charge is 2.23. The summed E-state index contributed by atoms with van der Waals surface area (Å²) in [5.41, 5.74) is 2.58. The molecule has 2 heterocycles. The van der Waals surface area contributed by atoms with Crippen LogP contribution < -0.4 is 10.2 Å². The van der Waals surface area contributed by atoms with E-state index in [2.05, 4.69) is 17.5 Å². The summed E-state index contributed by atoms with van der Waals surface area (Å²) in [6.07, 6.45) is 2.66. The molecule has 0 aromatic heterocycles. The summed E-state index contributed by atoms with van der Waals surface area (Å²) in [6.45, 7) is 3.72. The van der Waals surface area contributed by atoms with Crippen LogP contribution in [-0.4, -0.2) is 43.5 Å². The van der Waals surface area contributed by atoms with Crippen molar-refractivity contribution in [2.75, 3.05) is 37.6 Å². The number of nitriles is 1. The van der Waals surface area contributed by atoms with Gasteiger partial charge in [0.15, 0.2) is 0 Å². The van der Waals surface area contributed by atoms with Gasteiger partial charge in [-0.2, -0.15) is 5.26 Å². The lowest BCUT2D eigenvalue weighted by atomic mass is 10.2. The number of para-hydroxylation sites is 1. The summed E-state index contributed by atoms with van der Waals surface area (Å²) in [5, 5.41) is 12.5. The van der Waals surface area contributed by atoms with Crippen LogP contribution in [0.25, 0.3) is 0 Å². The lowest BCUT2D eigenvalue weighted by molar-refractivity contribution is -0.127. The van der Waals surface area contributed by atoms with Gasteiger partial charge in [-0.05, 0) is 18.1 Å². The highest BCUT2D eigenvalue weighted by atomic mass is 16.2. The van der Waals surface area contributed by atoms with Gasteiger partial charge >= 0.3 is 0 Å². The van der Waals surface area contributed by atoms with Gasteiger partial charge in [0.1, 0.15) is 11.6 Å². The first-order valence-electron chi connectivity index (χ1n) is 7.26. The Balaban J connectivity index is 1.80. The van der Waals surface area contributed by atoms with Crippen LogP contribution in [0.3, 0.4) is 0 Å². The first kappa shape index (κ1) is 13.7. The van der Waals surface area contributed by atoms with E-state index in [1.165, 1.54) is 5.56 Å². The molecule has 0 spiro atoms. The largest absolute Gasteiger partial charge is 0.346 e. The van der Waals surface area contributed by atoms with Gasteiger partial charge in [0.25, 0.3) is 5.91 Å². The van der Waals surface area contributed by atoms with Gasteiger partial charge in [-0.1, -0.05) is 18.2 Å². The quantitative estimate of drug-likeness (QED) is 0.646. The van der Waals surface area contributed by atoms with Crippen LogP contribution in [0.15, 0.2) is 36.0 Å². The van der Waals surface area contributed by atoms with Gasteiger partial charge in [-0.25, -0.2) is 0 Å². The molecule has 1 N–H and O–H groups in total. The van der Waals surface area contributed by atoms with Crippen LogP contribution in [0.5, 0.6) is 0 Å². The lowest BCUT2D eigenvalue weighted by Crippen LogP contribution is -2.47. The van der Waals surface area contributed by atoms with Crippen molar-refractivity contribution in [3.63, 3.8) is 0 Å². The molecule has 2 aliphatic heterocycles. The molecule has 0 atom stereocenters. The van der Waals surface area contributed by atoms with Crippen molar-refractivity contribution in [2.24, 2.45) is 0 Å². The van der Waals surface area contributed by atoms with E-state index in [1.807, 2.05) is 23.1 Å². The fourth-order valence-electron chi connectivity index (χ4n) is 2.82. The monoisotopic (exact) mass is 282 g/mol. The van der Waals surface area contributed by atoms with Gasteiger partial charge in [0.2, 0.25) is 0 Å². The summed E-state index contributed by atoms with van der Waals surface area (Å²) < 4.78 is 0. The van der Waals surface area contributed by atoms with E-state index in [9.17, 15) is 10.1 Å². The van der Waals surface area contributed by atoms with E-state index in [4.69, 9.17) is 0 Å². The molecule has 21 heavy (non-hydrogen) atoms. The number of hydrogen-bond acceptors (Lipinski definition) is 4. The molecule has 0 saturated carbocycles. The van der Waals surface area contributed by atoms with E-state index in [0.717, 1.165) is 31.7 Å². The SMILES string of the molecule is N#C/C(=C/N1CCc2ccccc21)C(=O)N1CCNCC1. The van der Waals surface area contributed by atoms with E-state index in [0.29, 0.717) is 13.1 Å². The van der Waals surface area contributed by atoms with E-state index >= 15 is 0 Å². The van der Waals surface area contributed by atoms with Crippen molar-refractivity contribution in [3.8, 4) is 6.07 Å². The Bertz CT molecular complexity index is 611. The second kappa shape index (κ2) is 5.98. The molecule has 1 saturated heterocycles. The van der Waals surface area contributed by atoms with Gasteiger partial charge in [-0.3, -0.25) is 4.79 Å². The maximum Gasteiger partial charge on any atom is 0.266 e. The summed E-state index contributed by atoms with van der Waals surface area (Å²) in [6, 6.07) is 10.2. The maximum absolute atomic E-state index is 12.4. The number of fused-ring (bicyclic) bond motifs is 1. The average molecular weight is 282 g/mol. The minimum Gasteiger partial charge on any atom is -0.346 e. The molecule has 0 aliphatic carbocycles. The second-order valence-corrected chi connectivity index (χ2v) is 5.27. The Labute approximate surface area is 124 Å². The first-order chi connectivity index (χ1) is 10.3. The Hall–Kier alpha value is -2.32. The van der Waals surface area contributed by atoms with Crippen molar-refractivity contribution >= 4 is 11.6 Å². The molecule has 0 unspecified atom stereocenters. The molecule has 3 rings (SSSR count). The third-order valence-electron chi connectivity index (χ3n) is 3.96. The van der Waals surface area contributed by atoms with Gasteiger partial charge in [0.05, 0.1) is 0 Å². The number of hydrogen-bond donors (Lipinski definition) is 1. The Morgan fingerprint density at radius 1 is 1.24 bits per heavy atom. The first-order valence-corrected chi connectivity index (χ1v) is 7.26. The molecule has 2 aliphatic rings. The normalized spacial score (nSPS) is 18.3. The molecule has 108 valence electrons. The minimum absolute atomic E-state index is 0.164. The Morgan fingerprint density at radius 2 is 2.00 bits per heavy atom. The van der Waals surface area contributed by atoms with Crippen molar-refractivity contribution < 1.29 is 4.79 Å². The molecule has 1 fully saturated rings. The van der Waals surface area contributed by atoms with Crippen LogP contribution in [0, 0.1) is 11.3 Å². The fraction of sp³-hybridized carbons (Fsp3) is 0.375. The minimum atomic E-state index is -0.164. The van der Waals surface area contributed by atoms with E-state index in [1.54, 1.807) is 11.1 Å². The molecular formula is C16H18N4O. The second-order valence-electron chi connectivity index (χ2n) is 5.27. The number of rotatable bonds is 2. The molecule has 1 aromatic carbocycles. The van der Waals surface area contributed by atoms with E-state index in [-0.39, 0.29) is 11.5 Å². The molecule has 0 radical (unpaired) electrons. The van der Waals surface area contributed by atoms with Crippen molar-refractivity contribution in [1.29, 1.82) is 5.26 Å². The van der Waals surface area contributed by atoms with E-state index < -0.39 is 0 Å². The smallest absolute Gasteiger partial charge is 0.266 e. The Kier molecular flexibility index (Phi) is 3.89. The third kappa shape index (κ3) is 2.76. The molecular weight excluding hydrogens is 264 g/mol. The number of amides is 1. The molecule has 5 nitrogen and oxygen atoms in total. The number of benzene rings is 1. The van der Waals surface area contributed by atoms with Crippen molar-refractivity contribution in [2.45, 2.75) is 6.42 Å². The molecule has 1 aromatic rings. The predicted octanol–water partition coefficient (Wildman–Crippen LogP) is 0.888. The summed E-state index contributed by atoms with van der Waals surface area (Å²) in [4.78, 5) is 16.2. The number of nitrogens with zero attached hydrogens (tertiary/aromatic N) is 3. The van der Waals surface area contributed by atoms with Gasteiger partial charge in [-0.15, -0.1) is 0 Å². The number of piperazine rings is 1. The zero-order chi connectivity index (χ0) is 14.7. The molecule has 0 bridgehead atoms. The van der Waals surface area contributed by atoms with Gasteiger partial charge < -0.3 is 15.1 Å². The number of carbonyl (C=O) groups excluding carboxylic acids is 1. The summed E-state index contributed by atoms with van der Waals surface area (Å²) in [7, 11) is 0.